The van der Waals surface area contributed by atoms with Gasteiger partial charge in [-0.1, -0.05) is 0 Å². The monoisotopic (exact) mass is 320 g/mol. The molecule has 6 nitrogen and oxygen atoms in total. The van der Waals surface area contributed by atoms with Gasteiger partial charge in [0.2, 0.25) is 0 Å². The molecule has 1 aromatic heterocycles. The molecule has 0 aromatic carbocycles. The topological polar surface area (TPSA) is 71.8 Å². The summed E-state index contributed by atoms with van der Waals surface area (Å²) in [5.74, 6) is 0.390. The lowest BCUT2D eigenvalue weighted by atomic mass is 9.83. The van der Waals surface area contributed by atoms with Crippen LogP contribution in [0.15, 0.2) is 16.9 Å². The summed E-state index contributed by atoms with van der Waals surface area (Å²) < 4.78 is 7.27. The Hall–Kier alpha value is -1.82. The van der Waals surface area contributed by atoms with Crippen molar-refractivity contribution in [1.29, 1.82) is 0 Å². The Morgan fingerprint density at radius 1 is 1.30 bits per heavy atom. The van der Waals surface area contributed by atoms with Crippen LogP contribution in [0.3, 0.4) is 0 Å². The van der Waals surface area contributed by atoms with E-state index in [0.717, 1.165) is 12.1 Å². The minimum Gasteiger partial charge on any atom is -0.444 e. The summed E-state index contributed by atoms with van der Waals surface area (Å²) in [6, 6.07) is 3.39. The van der Waals surface area contributed by atoms with E-state index < -0.39 is 5.60 Å². The van der Waals surface area contributed by atoms with Crippen LogP contribution in [0.5, 0.6) is 0 Å². The summed E-state index contributed by atoms with van der Waals surface area (Å²) >= 11 is 0. The van der Waals surface area contributed by atoms with Gasteiger partial charge in [-0.25, -0.2) is 4.79 Å². The van der Waals surface area contributed by atoms with Crippen LogP contribution in [0.1, 0.15) is 44.4 Å². The van der Waals surface area contributed by atoms with Crippen LogP contribution in [-0.4, -0.2) is 39.4 Å². The largest absolute Gasteiger partial charge is 0.444 e. The first-order valence-corrected chi connectivity index (χ1v) is 8.09. The van der Waals surface area contributed by atoms with E-state index in [2.05, 4.69) is 0 Å². The van der Waals surface area contributed by atoms with Gasteiger partial charge in [-0.3, -0.25) is 4.79 Å². The van der Waals surface area contributed by atoms with E-state index in [-0.39, 0.29) is 30.1 Å². The number of aliphatic hydroxyl groups excluding tert-OH is 1. The second-order valence-electron chi connectivity index (χ2n) is 7.58. The Labute approximate surface area is 135 Å². The number of fused-ring (bicyclic) bond motifs is 4. The highest BCUT2D eigenvalue weighted by atomic mass is 16.6. The average molecular weight is 320 g/mol. The molecule has 0 spiro atoms. The molecule has 0 aliphatic carbocycles. The number of nitrogens with zero attached hydrogens (tertiary/aromatic N) is 2. The lowest BCUT2D eigenvalue weighted by Gasteiger charge is -2.43. The molecule has 0 saturated carbocycles. The van der Waals surface area contributed by atoms with E-state index in [1.54, 1.807) is 9.47 Å². The van der Waals surface area contributed by atoms with Crippen molar-refractivity contribution < 1.29 is 14.6 Å². The van der Waals surface area contributed by atoms with Gasteiger partial charge in [-0.05, 0) is 44.7 Å². The molecule has 2 atom stereocenters. The van der Waals surface area contributed by atoms with E-state index in [1.165, 1.54) is 6.07 Å². The maximum Gasteiger partial charge on any atom is 0.410 e. The minimum atomic E-state index is -0.511. The van der Waals surface area contributed by atoms with Gasteiger partial charge < -0.3 is 19.3 Å². The zero-order valence-corrected chi connectivity index (χ0v) is 13.9. The molecule has 6 heteroatoms. The molecule has 2 bridgehead atoms. The van der Waals surface area contributed by atoms with Crippen molar-refractivity contribution in [3.05, 3.63) is 33.7 Å². The number of rotatable bonds is 1. The second kappa shape index (κ2) is 5.67. The predicted octanol–water partition coefficient (Wildman–Crippen LogP) is 1.69. The Morgan fingerprint density at radius 2 is 2.04 bits per heavy atom. The number of likely N-dealkylation sites (tertiary alicyclic amines) is 1. The lowest BCUT2D eigenvalue weighted by Crippen LogP contribution is -2.50. The number of hydrogen-bond acceptors (Lipinski definition) is 4. The van der Waals surface area contributed by atoms with Gasteiger partial charge in [0.15, 0.2) is 0 Å². The molecule has 1 amide bonds. The fourth-order valence-electron chi connectivity index (χ4n) is 3.58. The minimum absolute atomic E-state index is 0.0630. The van der Waals surface area contributed by atoms with Gasteiger partial charge >= 0.3 is 6.09 Å². The van der Waals surface area contributed by atoms with Gasteiger partial charge in [-0.2, -0.15) is 0 Å². The molecule has 0 radical (unpaired) electrons. The molecule has 2 aliphatic heterocycles. The molecule has 1 aromatic rings. The number of piperidine rings is 1. The summed E-state index contributed by atoms with van der Waals surface area (Å²) in [4.78, 5) is 26.3. The summed E-state index contributed by atoms with van der Waals surface area (Å²) in [7, 11) is 0. The zero-order valence-electron chi connectivity index (χ0n) is 13.9. The third-order valence-electron chi connectivity index (χ3n) is 4.45. The van der Waals surface area contributed by atoms with Crippen molar-refractivity contribution >= 4 is 6.09 Å². The first-order chi connectivity index (χ1) is 10.8. The average Bonchev–Trinajstić information content (AvgIpc) is 2.46. The first kappa shape index (κ1) is 16.1. The maximum absolute atomic E-state index is 12.3. The van der Waals surface area contributed by atoms with E-state index >= 15 is 0 Å². The van der Waals surface area contributed by atoms with Crippen molar-refractivity contribution in [2.24, 2.45) is 5.92 Å². The van der Waals surface area contributed by atoms with Crippen molar-refractivity contribution in [2.75, 3.05) is 13.1 Å². The molecule has 1 fully saturated rings. The normalized spacial score (nSPS) is 23.4. The highest BCUT2D eigenvalue weighted by Gasteiger charge is 2.37. The van der Waals surface area contributed by atoms with Crippen LogP contribution in [0.4, 0.5) is 4.79 Å². The van der Waals surface area contributed by atoms with Crippen molar-refractivity contribution in [1.82, 2.24) is 9.47 Å². The first-order valence-electron chi connectivity index (χ1n) is 8.09. The molecular weight excluding hydrogens is 296 g/mol. The van der Waals surface area contributed by atoms with E-state index in [4.69, 9.17) is 4.74 Å². The van der Waals surface area contributed by atoms with Crippen LogP contribution in [0.2, 0.25) is 0 Å². The highest BCUT2D eigenvalue weighted by Crippen LogP contribution is 2.35. The van der Waals surface area contributed by atoms with Gasteiger partial charge in [0.1, 0.15) is 5.60 Å². The fraction of sp³-hybridized carbons (Fsp3) is 0.647. The van der Waals surface area contributed by atoms with Crippen LogP contribution in [0, 0.1) is 5.92 Å². The zero-order chi connectivity index (χ0) is 16.8. The third-order valence-corrected chi connectivity index (χ3v) is 4.45. The lowest BCUT2D eigenvalue weighted by molar-refractivity contribution is 0.0101. The predicted molar refractivity (Wildman–Crippen MR) is 85.3 cm³/mol. The molecular formula is C17H24N2O4. The quantitative estimate of drug-likeness (QED) is 0.855. The molecule has 1 N–H and O–H groups in total. The number of ether oxygens (including phenoxy) is 1. The van der Waals surface area contributed by atoms with Crippen molar-refractivity contribution in [3.63, 3.8) is 0 Å². The summed E-state index contributed by atoms with van der Waals surface area (Å²) in [6.07, 6.45) is 0.675. The van der Waals surface area contributed by atoms with Crippen LogP contribution < -0.4 is 5.56 Å². The Kier molecular flexibility index (Phi) is 3.96. The summed E-state index contributed by atoms with van der Waals surface area (Å²) in [5.41, 5.74) is 0.981. The maximum atomic E-state index is 12.3. The van der Waals surface area contributed by atoms with Gasteiger partial charge in [0, 0.05) is 37.3 Å². The molecule has 23 heavy (non-hydrogen) atoms. The van der Waals surface area contributed by atoms with Gasteiger partial charge in [0.25, 0.3) is 5.56 Å². The fourth-order valence-corrected chi connectivity index (χ4v) is 3.58. The molecule has 3 rings (SSSR count). The number of aliphatic hydroxyl groups is 1. The molecule has 0 unspecified atom stereocenters. The van der Waals surface area contributed by atoms with Gasteiger partial charge in [0.05, 0.1) is 6.61 Å². The Morgan fingerprint density at radius 3 is 2.70 bits per heavy atom. The van der Waals surface area contributed by atoms with E-state index in [9.17, 15) is 14.7 Å². The summed E-state index contributed by atoms with van der Waals surface area (Å²) in [6.45, 7) is 7.23. The number of carbonyl (C=O) groups is 1. The van der Waals surface area contributed by atoms with Crippen molar-refractivity contribution in [3.8, 4) is 0 Å². The standard InChI is InChI=1S/C17H24N2O4/c1-17(2,3)23-16(22)18-7-12-4-13(9-18)14-5-11(10-20)6-15(21)19(14)8-12/h5-6,12-13,20H,4,7-10H2,1-3H3/t12-,13+/m0/s1. The SMILES string of the molecule is CC(C)(C)OC(=O)N1C[C@@H]2C[C@H](C1)c1cc(CO)cc(=O)n1C2. The van der Waals surface area contributed by atoms with Crippen LogP contribution in [0.25, 0.3) is 0 Å². The number of amides is 1. The third kappa shape index (κ3) is 3.27. The van der Waals surface area contributed by atoms with E-state index in [0.29, 0.717) is 25.2 Å². The highest BCUT2D eigenvalue weighted by molar-refractivity contribution is 5.68. The Balaban J connectivity index is 1.86. The number of pyridine rings is 1. The van der Waals surface area contributed by atoms with Crippen molar-refractivity contribution in [2.45, 2.75) is 51.9 Å². The van der Waals surface area contributed by atoms with Gasteiger partial charge in [-0.15, -0.1) is 0 Å². The Bertz CT molecular complexity index is 674. The van der Waals surface area contributed by atoms with Crippen LogP contribution >= 0.6 is 0 Å². The molecule has 3 heterocycles. The molecule has 2 aliphatic rings. The number of aromatic nitrogens is 1. The number of hydrogen-bond donors (Lipinski definition) is 1. The smallest absolute Gasteiger partial charge is 0.410 e. The number of carbonyl (C=O) groups excluding carboxylic acids is 1. The van der Waals surface area contributed by atoms with E-state index in [1.807, 2.05) is 26.8 Å². The molecule has 126 valence electrons. The summed E-state index contributed by atoms with van der Waals surface area (Å²) in [5, 5.41) is 9.32. The second-order valence-corrected chi connectivity index (χ2v) is 7.58. The molecule has 1 saturated heterocycles. The van der Waals surface area contributed by atoms with Crippen LogP contribution in [-0.2, 0) is 17.9 Å².